The Bertz CT molecular complexity index is 1460. The largest absolute Gasteiger partial charge is 0.459 e. The van der Waals surface area contributed by atoms with Crippen molar-refractivity contribution in [3.63, 3.8) is 0 Å². The summed E-state index contributed by atoms with van der Waals surface area (Å²) in [5.74, 6) is -2.40. The molecule has 10 nitrogen and oxygen atoms in total. The van der Waals surface area contributed by atoms with E-state index < -0.39 is 41.3 Å². The molecule has 3 heterocycles. The summed E-state index contributed by atoms with van der Waals surface area (Å²) in [5, 5.41) is 8.37. The van der Waals surface area contributed by atoms with E-state index >= 15 is 0 Å². The second-order valence-electron chi connectivity index (χ2n) is 10.0. The van der Waals surface area contributed by atoms with Crippen molar-refractivity contribution >= 4 is 52.0 Å². The molecule has 2 aromatic carbocycles. The van der Waals surface area contributed by atoms with Gasteiger partial charge in [-0.2, -0.15) is 0 Å². The van der Waals surface area contributed by atoms with Crippen molar-refractivity contribution < 1.29 is 23.9 Å². The molecule has 1 fully saturated rings. The fraction of sp³-hybridized carbons (Fsp3) is 0.360. The van der Waals surface area contributed by atoms with Crippen molar-refractivity contribution in [3.8, 4) is 0 Å². The Labute approximate surface area is 211 Å². The number of nitrogens with zero attached hydrogens (tertiary/aromatic N) is 5. The summed E-state index contributed by atoms with van der Waals surface area (Å²) >= 11 is 6.23. The van der Waals surface area contributed by atoms with Gasteiger partial charge in [0.25, 0.3) is 0 Å². The molecule has 3 amide bonds. The Kier molecular flexibility index (Phi) is 5.40. The number of benzene rings is 2. The summed E-state index contributed by atoms with van der Waals surface area (Å²) in [7, 11) is 1.77. The van der Waals surface area contributed by atoms with Crippen LogP contribution in [0, 0.1) is 0 Å². The molecule has 1 aromatic heterocycles. The highest BCUT2D eigenvalue weighted by molar-refractivity contribution is 6.33. The third kappa shape index (κ3) is 3.72. The number of amides is 3. The van der Waals surface area contributed by atoms with E-state index in [9.17, 15) is 19.2 Å². The van der Waals surface area contributed by atoms with Gasteiger partial charge in [0.05, 0.1) is 18.5 Å². The first-order valence-corrected chi connectivity index (χ1v) is 11.8. The lowest BCUT2D eigenvalue weighted by Gasteiger charge is -2.24. The number of aromatic nitrogens is 3. The normalized spacial score (nSPS) is 19.6. The van der Waals surface area contributed by atoms with Crippen molar-refractivity contribution in [2.75, 3.05) is 11.4 Å². The van der Waals surface area contributed by atoms with Crippen LogP contribution in [0.15, 0.2) is 36.4 Å². The number of aryl methyl sites for hydroxylation is 1. The minimum absolute atomic E-state index is 0.0266. The van der Waals surface area contributed by atoms with Gasteiger partial charge in [0.2, 0.25) is 17.7 Å². The number of fused-ring (bicyclic) bond motifs is 3. The molecule has 1 atom stereocenters. The van der Waals surface area contributed by atoms with Crippen LogP contribution in [0.1, 0.15) is 38.3 Å². The molecule has 2 aliphatic heterocycles. The quantitative estimate of drug-likeness (QED) is 0.301. The third-order valence-electron chi connectivity index (χ3n) is 6.37. The molecule has 1 saturated heterocycles. The molecule has 3 aromatic rings. The fourth-order valence-electron chi connectivity index (χ4n) is 4.85. The van der Waals surface area contributed by atoms with E-state index in [1.165, 1.54) is 11.0 Å². The number of carbonyl (C=O) groups is 4. The lowest BCUT2D eigenvalue weighted by molar-refractivity contribution is -0.154. The van der Waals surface area contributed by atoms with Gasteiger partial charge in [-0.1, -0.05) is 22.9 Å². The number of carbonyl (C=O) groups excluding carboxylic acids is 4. The molecule has 186 valence electrons. The maximum absolute atomic E-state index is 13.8. The smallest absolute Gasteiger partial charge is 0.326 e. The average Bonchev–Trinajstić information content (AvgIpc) is 3.35. The van der Waals surface area contributed by atoms with Crippen molar-refractivity contribution in [1.29, 1.82) is 0 Å². The van der Waals surface area contributed by atoms with Gasteiger partial charge in [0.1, 0.15) is 17.7 Å². The summed E-state index contributed by atoms with van der Waals surface area (Å²) in [6.45, 7) is 4.75. The zero-order valence-corrected chi connectivity index (χ0v) is 21.0. The molecule has 0 radical (unpaired) electrons. The number of esters is 1. The highest BCUT2D eigenvalue weighted by Crippen LogP contribution is 2.49. The first-order valence-electron chi connectivity index (χ1n) is 11.4. The number of halogens is 1. The molecular formula is C25H24ClN5O5. The Balaban J connectivity index is 1.49. The predicted octanol–water partition coefficient (Wildman–Crippen LogP) is 2.51. The second kappa shape index (κ2) is 8.12. The zero-order valence-electron chi connectivity index (χ0n) is 20.2. The summed E-state index contributed by atoms with van der Waals surface area (Å²) < 4.78 is 7.01. The second-order valence-corrected chi connectivity index (χ2v) is 10.5. The average molecular weight is 510 g/mol. The highest BCUT2D eigenvalue weighted by Gasteiger charge is 2.64. The topological polar surface area (TPSA) is 115 Å². The van der Waals surface area contributed by atoms with Crippen molar-refractivity contribution in [1.82, 2.24) is 19.9 Å². The monoisotopic (exact) mass is 509 g/mol. The Hall–Kier alpha value is -3.79. The lowest BCUT2D eigenvalue weighted by atomic mass is 9.80. The Morgan fingerprint density at radius 1 is 1.08 bits per heavy atom. The van der Waals surface area contributed by atoms with E-state index in [2.05, 4.69) is 10.3 Å². The van der Waals surface area contributed by atoms with Crippen LogP contribution in [0.2, 0.25) is 5.02 Å². The molecule has 11 heteroatoms. The summed E-state index contributed by atoms with van der Waals surface area (Å²) in [6, 6.07) is 10.0. The van der Waals surface area contributed by atoms with Gasteiger partial charge in [0.15, 0.2) is 5.41 Å². The van der Waals surface area contributed by atoms with Crippen molar-refractivity contribution in [2.24, 2.45) is 7.05 Å². The minimum atomic E-state index is -1.78. The van der Waals surface area contributed by atoms with Crippen molar-refractivity contribution in [2.45, 2.75) is 44.8 Å². The number of ether oxygens (including phenoxy) is 1. The Morgan fingerprint density at radius 3 is 2.53 bits per heavy atom. The number of hydrogen-bond acceptors (Lipinski definition) is 7. The van der Waals surface area contributed by atoms with Crippen LogP contribution >= 0.6 is 11.6 Å². The Morgan fingerprint density at radius 2 is 1.81 bits per heavy atom. The molecular weight excluding hydrogens is 486 g/mol. The fourth-order valence-corrected chi connectivity index (χ4v) is 5.02. The maximum atomic E-state index is 13.8. The van der Waals surface area contributed by atoms with Gasteiger partial charge < -0.3 is 4.74 Å². The molecule has 0 bridgehead atoms. The van der Waals surface area contributed by atoms with E-state index in [-0.39, 0.29) is 13.0 Å². The van der Waals surface area contributed by atoms with E-state index in [1.807, 2.05) is 6.07 Å². The standard InChI is InChI=1S/C25H24ClN5O5/c1-24(2,3)36-21(33)13-30-18-8-6-15(26)10-16(18)25(22(30)34)11-20(32)31(23(25)35)12-14-5-7-19-17(9-14)27-28-29(19)4/h5-10H,11-13H2,1-4H3. The highest BCUT2D eigenvalue weighted by atomic mass is 35.5. The molecule has 36 heavy (non-hydrogen) atoms. The summed E-state index contributed by atoms with van der Waals surface area (Å²) in [6.07, 6.45) is -0.351. The van der Waals surface area contributed by atoms with E-state index in [0.717, 1.165) is 10.4 Å². The first-order chi connectivity index (χ1) is 16.9. The minimum Gasteiger partial charge on any atom is -0.459 e. The van der Waals surface area contributed by atoms with Gasteiger partial charge >= 0.3 is 5.97 Å². The van der Waals surface area contributed by atoms with Gasteiger partial charge in [-0.15, -0.1) is 5.10 Å². The van der Waals surface area contributed by atoms with Crippen LogP contribution in [0.4, 0.5) is 5.69 Å². The lowest BCUT2D eigenvalue weighted by Crippen LogP contribution is -2.48. The summed E-state index contributed by atoms with van der Waals surface area (Å²) in [5.41, 5.74) is 0.247. The predicted molar refractivity (Wildman–Crippen MR) is 130 cm³/mol. The molecule has 1 spiro atoms. The van der Waals surface area contributed by atoms with E-state index in [1.54, 1.807) is 56.8 Å². The number of rotatable bonds is 4. The van der Waals surface area contributed by atoms with E-state index in [4.69, 9.17) is 16.3 Å². The van der Waals surface area contributed by atoms with Crippen LogP contribution in [-0.2, 0) is 42.9 Å². The van der Waals surface area contributed by atoms with Crippen LogP contribution in [0.5, 0.6) is 0 Å². The van der Waals surface area contributed by atoms with Gasteiger partial charge in [-0.25, -0.2) is 4.68 Å². The molecule has 0 saturated carbocycles. The summed E-state index contributed by atoms with van der Waals surface area (Å²) in [4.78, 5) is 55.6. The number of anilines is 1. The van der Waals surface area contributed by atoms with E-state index in [0.29, 0.717) is 27.4 Å². The van der Waals surface area contributed by atoms with Gasteiger partial charge in [-0.05, 0) is 56.7 Å². The number of hydrogen-bond donors (Lipinski definition) is 0. The SMILES string of the molecule is Cn1nnc2cc(CN3C(=O)CC4(C3=O)C(=O)N(CC(=O)OC(C)(C)C)c3ccc(Cl)cc34)ccc21. The third-order valence-corrected chi connectivity index (χ3v) is 6.61. The van der Waals surface area contributed by atoms with Crippen LogP contribution in [0.3, 0.4) is 0 Å². The molecule has 5 rings (SSSR count). The molecule has 0 aliphatic carbocycles. The van der Waals surface area contributed by atoms with Crippen LogP contribution < -0.4 is 4.90 Å². The molecule has 2 aliphatic rings. The maximum Gasteiger partial charge on any atom is 0.326 e. The number of likely N-dealkylation sites (tertiary alicyclic amines) is 1. The van der Waals surface area contributed by atoms with Crippen LogP contribution in [0.25, 0.3) is 11.0 Å². The molecule has 1 unspecified atom stereocenters. The van der Waals surface area contributed by atoms with Crippen molar-refractivity contribution in [3.05, 3.63) is 52.5 Å². The number of imide groups is 1. The first kappa shape index (κ1) is 23.9. The van der Waals surface area contributed by atoms with Crippen LogP contribution in [-0.4, -0.2) is 55.7 Å². The van der Waals surface area contributed by atoms with Gasteiger partial charge in [-0.3, -0.25) is 29.0 Å². The van der Waals surface area contributed by atoms with Gasteiger partial charge in [0, 0.05) is 23.3 Å². The zero-order chi connectivity index (χ0) is 26.0. The molecule has 0 N–H and O–H groups in total.